The largest absolute Gasteiger partial charge is 0.372 e. The lowest BCUT2D eigenvalue weighted by atomic mass is 10.0. The smallest absolute Gasteiger partial charge is 0.321 e. The predicted octanol–water partition coefficient (Wildman–Crippen LogP) is 2.36. The average molecular weight is 475 g/mol. The molecular weight excluding hydrogens is 451 g/mol. The van der Waals surface area contributed by atoms with Crippen LogP contribution in [0, 0.1) is 5.82 Å². The van der Waals surface area contributed by atoms with E-state index in [0.29, 0.717) is 30.8 Å². The molecule has 2 aromatic carbocycles. The van der Waals surface area contributed by atoms with Crippen molar-refractivity contribution in [3.63, 3.8) is 0 Å². The predicted molar refractivity (Wildman–Crippen MR) is 122 cm³/mol. The molecule has 0 spiro atoms. The number of rotatable bonds is 5. The van der Waals surface area contributed by atoms with Crippen LogP contribution in [0.3, 0.4) is 0 Å². The van der Waals surface area contributed by atoms with Gasteiger partial charge in [-0.25, -0.2) is 9.18 Å². The highest BCUT2D eigenvalue weighted by molar-refractivity contribution is 6.30. The van der Waals surface area contributed by atoms with Gasteiger partial charge in [0.15, 0.2) is 0 Å². The Morgan fingerprint density at radius 3 is 2.70 bits per heavy atom. The van der Waals surface area contributed by atoms with E-state index in [1.54, 1.807) is 17.0 Å². The average Bonchev–Trinajstić information content (AvgIpc) is 3.33. The molecule has 1 saturated heterocycles. The lowest BCUT2D eigenvalue weighted by Crippen LogP contribution is -2.52. The number of urea groups is 1. The Bertz CT molecular complexity index is 1110. The van der Waals surface area contributed by atoms with Crippen molar-refractivity contribution in [1.29, 1.82) is 0 Å². The number of anilines is 2. The molecule has 0 unspecified atom stereocenters. The summed E-state index contributed by atoms with van der Waals surface area (Å²) >= 11 is 5.82. The number of halogens is 2. The summed E-state index contributed by atoms with van der Waals surface area (Å²) in [5.74, 6) is -2.12. The van der Waals surface area contributed by atoms with Crippen molar-refractivity contribution in [2.24, 2.45) is 0 Å². The van der Waals surface area contributed by atoms with Crippen LogP contribution in [0.1, 0.15) is 24.5 Å². The molecule has 4 amide bonds. The summed E-state index contributed by atoms with van der Waals surface area (Å²) in [6, 6.07) is 8.96. The molecule has 3 N–H and O–H groups in total. The zero-order chi connectivity index (χ0) is 23.8. The van der Waals surface area contributed by atoms with Crippen molar-refractivity contribution in [2.45, 2.75) is 31.9 Å². The van der Waals surface area contributed by atoms with Crippen LogP contribution in [-0.2, 0) is 22.6 Å². The van der Waals surface area contributed by atoms with Crippen molar-refractivity contribution in [2.75, 3.05) is 29.4 Å². The molecule has 0 bridgehead atoms. The van der Waals surface area contributed by atoms with Gasteiger partial charge in [0.25, 0.3) is 11.8 Å². The molecule has 0 aliphatic carbocycles. The highest BCUT2D eigenvalue weighted by atomic mass is 35.5. The third kappa shape index (κ3) is 4.38. The van der Waals surface area contributed by atoms with Gasteiger partial charge in [-0.05, 0) is 60.9 Å². The van der Waals surface area contributed by atoms with Gasteiger partial charge in [0.2, 0.25) is 5.60 Å². The minimum atomic E-state index is -2.22. The summed E-state index contributed by atoms with van der Waals surface area (Å²) < 4.78 is 13.5. The summed E-state index contributed by atoms with van der Waals surface area (Å²) in [5, 5.41) is 16.3. The molecule has 174 valence electrons. The molecule has 8 nitrogen and oxygen atoms in total. The lowest BCUT2D eigenvalue weighted by Gasteiger charge is -2.23. The van der Waals surface area contributed by atoms with Crippen LogP contribution in [0.25, 0.3) is 0 Å². The molecule has 2 aliphatic rings. The number of benzene rings is 2. The lowest BCUT2D eigenvalue weighted by molar-refractivity contribution is -0.149. The fraction of sp³-hybridized carbons (Fsp3) is 0.348. The van der Waals surface area contributed by atoms with E-state index in [2.05, 4.69) is 10.6 Å². The number of carbonyl (C=O) groups is 3. The summed E-state index contributed by atoms with van der Waals surface area (Å²) in [7, 11) is 0. The Hall–Kier alpha value is -3.17. The Labute approximate surface area is 195 Å². The second kappa shape index (κ2) is 8.99. The number of hydrogen-bond acceptors (Lipinski definition) is 4. The zero-order valence-electron chi connectivity index (χ0n) is 18.0. The van der Waals surface area contributed by atoms with Crippen LogP contribution in [0.15, 0.2) is 36.4 Å². The van der Waals surface area contributed by atoms with Crippen LogP contribution in [0.5, 0.6) is 0 Å². The first-order valence-electron chi connectivity index (χ1n) is 10.7. The van der Waals surface area contributed by atoms with E-state index in [0.717, 1.165) is 17.3 Å². The number of nitrogens with one attached hydrogen (secondary N) is 2. The quantitative estimate of drug-likeness (QED) is 0.579. The maximum Gasteiger partial charge on any atom is 0.321 e. The molecule has 10 heteroatoms. The van der Waals surface area contributed by atoms with E-state index in [-0.39, 0.29) is 30.6 Å². The number of aliphatic hydroxyl groups is 1. The van der Waals surface area contributed by atoms with Crippen LogP contribution in [0.4, 0.5) is 20.6 Å². The zero-order valence-corrected chi connectivity index (χ0v) is 18.8. The summed E-state index contributed by atoms with van der Waals surface area (Å²) in [6.45, 7) is 2.99. The summed E-state index contributed by atoms with van der Waals surface area (Å²) in [4.78, 5) is 40.9. The van der Waals surface area contributed by atoms with Gasteiger partial charge in [0.05, 0.1) is 0 Å². The third-order valence-corrected chi connectivity index (χ3v) is 6.11. The van der Waals surface area contributed by atoms with Gasteiger partial charge in [0, 0.05) is 49.0 Å². The van der Waals surface area contributed by atoms with Gasteiger partial charge >= 0.3 is 6.03 Å². The monoisotopic (exact) mass is 474 g/mol. The maximum atomic E-state index is 13.5. The SMILES string of the molecule is CCNC(=O)N1CCc2cc(N3CC[C@](O)(C(=O)NCc4cc(F)cc(Cl)c4)C3=O)ccc21. The molecule has 2 aliphatic heterocycles. The number of fused-ring (bicyclic) bond motifs is 1. The normalized spacial score (nSPS) is 19.6. The van der Waals surface area contributed by atoms with Gasteiger partial charge in [-0.1, -0.05) is 11.6 Å². The molecular formula is C23H24ClFN4O4. The van der Waals surface area contributed by atoms with Crippen molar-refractivity contribution in [3.8, 4) is 0 Å². The minimum absolute atomic E-state index is 0.0797. The first-order valence-corrected chi connectivity index (χ1v) is 11.1. The number of carbonyl (C=O) groups excluding carboxylic acids is 3. The molecule has 0 saturated carbocycles. The molecule has 0 radical (unpaired) electrons. The standard InChI is InChI=1S/C23H24ClFN4O4/c1-2-26-22(32)29-7-5-15-11-18(3-4-19(15)29)28-8-6-23(33,21(28)31)20(30)27-13-14-9-16(24)12-17(25)10-14/h3-4,9-12,33H,2,5-8,13H2,1H3,(H,26,32)(H,27,30)/t23-/m0/s1. The third-order valence-electron chi connectivity index (χ3n) is 5.89. The minimum Gasteiger partial charge on any atom is -0.372 e. The van der Waals surface area contributed by atoms with Crippen LogP contribution < -0.4 is 20.4 Å². The second-order valence-corrected chi connectivity index (χ2v) is 8.51. The van der Waals surface area contributed by atoms with Crippen molar-refractivity contribution < 1.29 is 23.9 Å². The van der Waals surface area contributed by atoms with Gasteiger partial charge in [-0.15, -0.1) is 0 Å². The van der Waals surface area contributed by atoms with Crippen molar-refractivity contribution >= 4 is 40.8 Å². The first kappa shape index (κ1) is 23.0. The van der Waals surface area contributed by atoms with E-state index < -0.39 is 23.2 Å². The van der Waals surface area contributed by atoms with E-state index in [9.17, 15) is 23.9 Å². The highest BCUT2D eigenvalue weighted by Crippen LogP contribution is 2.35. The van der Waals surface area contributed by atoms with E-state index in [4.69, 9.17) is 11.6 Å². The Kier molecular flexibility index (Phi) is 6.27. The first-order chi connectivity index (χ1) is 15.7. The van der Waals surface area contributed by atoms with Gasteiger partial charge < -0.3 is 20.6 Å². The molecule has 1 fully saturated rings. The summed E-state index contributed by atoms with van der Waals surface area (Å²) in [5.41, 5.74) is 0.433. The summed E-state index contributed by atoms with van der Waals surface area (Å²) in [6.07, 6.45) is 0.562. The molecule has 2 aromatic rings. The van der Waals surface area contributed by atoms with Crippen molar-refractivity contribution in [1.82, 2.24) is 10.6 Å². The molecule has 0 aromatic heterocycles. The molecule has 4 rings (SSSR count). The van der Waals surface area contributed by atoms with E-state index in [1.165, 1.54) is 17.0 Å². The van der Waals surface area contributed by atoms with Crippen molar-refractivity contribution in [3.05, 3.63) is 58.4 Å². The number of amides is 4. The van der Waals surface area contributed by atoms with Gasteiger partial charge in [-0.2, -0.15) is 0 Å². The Morgan fingerprint density at radius 1 is 1.18 bits per heavy atom. The fourth-order valence-electron chi connectivity index (χ4n) is 4.22. The van der Waals surface area contributed by atoms with Crippen LogP contribution >= 0.6 is 11.6 Å². The molecule has 33 heavy (non-hydrogen) atoms. The number of nitrogens with zero attached hydrogens (tertiary/aromatic N) is 2. The fourth-order valence-corrected chi connectivity index (χ4v) is 4.46. The molecule has 1 atom stereocenters. The van der Waals surface area contributed by atoms with Crippen LogP contribution in [0.2, 0.25) is 5.02 Å². The van der Waals surface area contributed by atoms with Gasteiger partial charge in [-0.3, -0.25) is 14.5 Å². The topological polar surface area (TPSA) is 102 Å². The maximum absolute atomic E-state index is 13.5. The van der Waals surface area contributed by atoms with Gasteiger partial charge in [0.1, 0.15) is 5.82 Å². The van der Waals surface area contributed by atoms with E-state index in [1.807, 2.05) is 13.0 Å². The highest BCUT2D eigenvalue weighted by Gasteiger charge is 2.51. The van der Waals surface area contributed by atoms with Crippen LogP contribution in [-0.4, -0.2) is 48.2 Å². The second-order valence-electron chi connectivity index (χ2n) is 8.08. The Morgan fingerprint density at radius 2 is 1.97 bits per heavy atom. The Balaban J connectivity index is 1.46. The molecule has 2 heterocycles. The number of hydrogen-bond donors (Lipinski definition) is 3. The van der Waals surface area contributed by atoms with E-state index >= 15 is 0 Å².